The van der Waals surface area contributed by atoms with Crippen LogP contribution in [0.3, 0.4) is 0 Å². The zero-order chi connectivity index (χ0) is 10.8. The lowest BCUT2D eigenvalue weighted by molar-refractivity contribution is 0.1000. The second kappa shape index (κ2) is 3.82. The van der Waals surface area contributed by atoms with Crippen LogP contribution in [-0.2, 0) is 0 Å². The van der Waals surface area contributed by atoms with E-state index >= 15 is 0 Å². The van der Waals surface area contributed by atoms with Crippen molar-refractivity contribution in [1.29, 1.82) is 0 Å². The van der Waals surface area contributed by atoms with Crippen LogP contribution in [0.1, 0.15) is 15.5 Å². The van der Waals surface area contributed by atoms with E-state index in [2.05, 4.69) is 4.98 Å². The van der Waals surface area contributed by atoms with Crippen molar-refractivity contribution in [3.63, 3.8) is 0 Å². The van der Waals surface area contributed by atoms with Crippen LogP contribution in [0, 0.1) is 6.92 Å². The molecule has 1 aromatic carbocycles. The number of carbonyl (C=O) groups is 1. The third-order valence-corrected chi connectivity index (χ3v) is 3.26. The molecular formula is C11H10N2OS. The Morgan fingerprint density at radius 3 is 2.53 bits per heavy atom. The fourth-order valence-electron chi connectivity index (χ4n) is 1.36. The summed E-state index contributed by atoms with van der Waals surface area (Å²) < 4.78 is 0. The Balaban J connectivity index is 2.50. The average molecular weight is 218 g/mol. The van der Waals surface area contributed by atoms with Gasteiger partial charge in [0.2, 0.25) is 0 Å². The molecule has 2 N–H and O–H groups in total. The number of thiazole rings is 1. The Morgan fingerprint density at radius 1 is 1.33 bits per heavy atom. The van der Waals surface area contributed by atoms with Gasteiger partial charge in [0, 0.05) is 0 Å². The minimum absolute atomic E-state index is 0.367. The molecule has 15 heavy (non-hydrogen) atoms. The van der Waals surface area contributed by atoms with E-state index in [4.69, 9.17) is 5.73 Å². The molecule has 0 spiro atoms. The van der Waals surface area contributed by atoms with Gasteiger partial charge in [-0.15, -0.1) is 11.3 Å². The minimum atomic E-state index is -0.467. The van der Waals surface area contributed by atoms with Crippen LogP contribution in [0.2, 0.25) is 0 Å². The molecule has 1 aromatic heterocycles. The number of nitrogens with zero attached hydrogens (tertiary/aromatic N) is 1. The minimum Gasteiger partial charge on any atom is -0.364 e. The first-order valence-electron chi connectivity index (χ1n) is 4.51. The number of rotatable bonds is 2. The second-order valence-electron chi connectivity index (χ2n) is 3.16. The van der Waals surface area contributed by atoms with Crippen LogP contribution in [-0.4, -0.2) is 10.9 Å². The predicted molar refractivity (Wildman–Crippen MR) is 60.8 cm³/mol. The van der Waals surface area contributed by atoms with Crippen LogP contribution in [0.25, 0.3) is 10.4 Å². The SMILES string of the molecule is Cc1nc(C(N)=O)sc1-c1ccccc1. The Hall–Kier alpha value is -1.68. The van der Waals surface area contributed by atoms with Crippen LogP contribution >= 0.6 is 11.3 Å². The number of carbonyl (C=O) groups excluding carboxylic acids is 1. The first kappa shape index (κ1) is 9.86. The highest BCUT2D eigenvalue weighted by Crippen LogP contribution is 2.29. The quantitative estimate of drug-likeness (QED) is 0.840. The first-order chi connectivity index (χ1) is 7.18. The molecule has 4 heteroatoms. The van der Waals surface area contributed by atoms with Crippen molar-refractivity contribution in [3.8, 4) is 10.4 Å². The van der Waals surface area contributed by atoms with Crippen LogP contribution in [0.15, 0.2) is 30.3 Å². The summed E-state index contributed by atoms with van der Waals surface area (Å²) in [6.45, 7) is 1.88. The highest BCUT2D eigenvalue weighted by Gasteiger charge is 2.12. The molecule has 3 nitrogen and oxygen atoms in total. The molecule has 1 heterocycles. The molecular weight excluding hydrogens is 208 g/mol. The lowest BCUT2D eigenvalue weighted by Gasteiger charge is -1.96. The molecule has 0 bridgehead atoms. The Kier molecular flexibility index (Phi) is 2.51. The Morgan fingerprint density at radius 2 is 2.00 bits per heavy atom. The molecule has 0 aliphatic heterocycles. The van der Waals surface area contributed by atoms with E-state index in [0.717, 1.165) is 16.1 Å². The normalized spacial score (nSPS) is 10.2. The fourth-order valence-corrected chi connectivity index (χ4v) is 2.28. The van der Waals surface area contributed by atoms with E-state index < -0.39 is 5.91 Å². The maximum absolute atomic E-state index is 11.0. The lowest BCUT2D eigenvalue weighted by Crippen LogP contribution is -2.10. The smallest absolute Gasteiger partial charge is 0.277 e. The summed E-state index contributed by atoms with van der Waals surface area (Å²) in [4.78, 5) is 16.1. The Labute approximate surface area is 91.6 Å². The molecule has 0 saturated carbocycles. The number of primary amides is 1. The monoisotopic (exact) mass is 218 g/mol. The van der Waals surface area contributed by atoms with E-state index in [0.29, 0.717) is 5.01 Å². The second-order valence-corrected chi connectivity index (χ2v) is 4.16. The maximum Gasteiger partial charge on any atom is 0.277 e. The summed E-state index contributed by atoms with van der Waals surface area (Å²) in [5.74, 6) is -0.467. The number of hydrogen-bond donors (Lipinski definition) is 1. The molecule has 0 fully saturated rings. The molecule has 0 atom stereocenters. The summed E-state index contributed by atoms with van der Waals surface area (Å²) in [5, 5.41) is 0.367. The number of hydrogen-bond acceptors (Lipinski definition) is 3. The molecule has 0 unspecified atom stereocenters. The lowest BCUT2D eigenvalue weighted by atomic mass is 10.2. The molecule has 0 aliphatic rings. The van der Waals surface area contributed by atoms with Gasteiger partial charge in [-0.2, -0.15) is 0 Å². The highest BCUT2D eigenvalue weighted by molar-refractivity contribution is 7.17. The van der Waals surface area contributed by atoms with Crippen LogP contribution < -0.4 is 5.73 Å². The van der Waals surface area contributed by atoms with Crippen molar-refractivity contribution in [2.24, 2.45) is 5.73 Å². The number of aromatic nitrogens is 1. The first-order valence-corrected chi connectivity index (χ1v) is 5.33. The average Bonchev–Trinajstić information content (AvgIpc) is 2.62. The fraction of sp³-hybridized carbons (Fsp3) is 0.0909. The maximum atomic E-state index is 11.0. The van der Waals surface area contributed by atoms with Gasteiger partial charge in [0.25, 0.3) is 5.91 Å². The van der Waals surface area contributed by atoms with Gasteiger partial charge < -0.3 is 5.73 Å². The zero-order valence-corrected chi connectivity index (χ0v) is 9.04. The summed E-state index contributed by atoms with van der Waals surface area (Å²) in [6.07, 6.45) is 0. The molecule has 0 aliphatic carbocycles. The summed E-state index contributed by atoms with van der Waals surface area (Å²) in [6, 6.07) is 9.85. The third kappa shape index (κ3) is 1.89. The van der Waals surface area contributed by atoms with Gasteiger partial charge in [0.05, 0.1) is 10.6 Å². The number of aryl methyl sites for hydroxylation is 1. The standard InChI is InChI=1S/C11H10N2OS/c1-7-9(8-5-3-2-4-6-8)15-11(13-7)10(12)14/h2-6H,1H3,(H2,12,14). The van der Waals surface area contributed by atoms with Crippen molar-refractivity contribution >= 4 is 17.2 Å². The Bertz CT molecular complexity index is 491. The van der Waals surface area contributed by atoms with Crippen molar-refractivity contribution in [2.45, 2.75) is 6.92 Å². The van der Waals surface area contributed by atoms with Crippen molar-refractivity contribution in [3.05, 3.63) is 41.0 Å². The van der Waals surface area contributed by atoms with Crippen LogP contribution in [0.5, 0.6) is 0 Å². The largest absolute Gasteiger partial charge is 0.364 e. The van der Waals surface area contributed by atoms with E-state index in [1.165, 1.54) is 11.3 Å². The van der Waals surface area contributed by atoms with Crippen LogP contribution in [0.4, 0.5) is 0 Å². The number of nitrogens with two attached hydrogens (primary N) is 1. The van der Waals surface area contributed by atoms with Crippen molar-refractivity contribution in [1.82, 2.24) is 4.98 Å². The van der Waals surface area contributed by atoms with Crippen molar-refractivity contribution < 1.29 is 4.79 Å². The zero-order valence-electron chi connectivity index (χ0n) is 8.23. The van der Waals surface area contributed by atoms with Gasteiger partial charge in [-0.3, -0.25) is 4.79 Å². The summed E-state index contributed by atoms with van der Waals surface area (Å²) in [7, 11) is 0. The molecule has 76 valence electrons. The summed E-state index contributed by atoms with van der Waals surface area (Å²) >= 11 is 1.34. The number of amides is 1. The summed E-state index contributed by atoms with van der Waals surface area (Å²) in [5.41, 5.74) is 7.10. The van der Waals surface area contributed by atoms with E-state index in [1.807, 2.05) is 37.3 Å². The van der Waals surface area contributed by atoms with Crippen molar-refractivity contribution in [2.75, 3.05) is 0 Å². The molecule has 2 rings (SSSR count). The van der Waals surface area contributed by atoms with Gasteiger partial charge >= 0.3 is 0 Å². The molecule has 0 saturated heterocycles. The molecule has 2 aromatic rings. The van der Waals surface area contributed by atoms with Gasteiger partial charge in [-0.1, -0.05) is 30.3 Å². The molecule has 1 amide bonds. The van der Waals surface area contributed by atoms with Gasteiger partial charge in [-0.25, -0.2) is 4.98 Å². The molecule has 0 radical (unpaired) electrons. The van der Waals surface area contributed by atoms with E-state index in [-0.39, 0.29) is 0 Å². The third-order valence-electron chi connectivity index (χ3n) is 2.04. The van der Waals surface area contributed by atoms with E-state index in [9.17, 15) is 4.79 Å². The van der Waals surface area contributed by atoms with Gasteiger partial charge in [-0.05, 0) is 12.5 Å². The van der Waals surface area contributed by atoms with Gasteiger partial charge in [0.1, 0.15) is 0 Å². The topological polar surface area (TPSA) is 56.0 Å². The van der Waals surface area contributed by atoms with E-state index in [1.54, 1.807) is 0 Å². The predicted octanol–water partition coefficient (Wildman–Crippen LogP) is 2.22. The van der Waals surface area contributed by atoms with Gasteiger partial charge in [0.15, 0.2) is 5.01 Å². The number of benzene rings is 1. The highest BCUT2D eigenvalue weighted by atomic mass is 32.1.